The Morgan fingerprint density at radius 2 is 1.81 bits per heavy atom. The Hall–Kier alpha value is -1.56. The van der Waals surface area contributed by atoms with Crippen LogP contribution in [0.5, 0.6) is 0 Å². The molecule has 0 aliphatic carbocycles. The molecular weight excluding hydrogens is 383 g/mol. The number of aryl methyl sites for hydroxylation is 2. The van der Waals surface area contributed by atoms with Crippen LogP contribution in [-0.4, -0.2) is 22.0 Å². The fourth-order valence-corrected chi connectivity index (χ4v) is 3.28. The van der Waals surface area contributed by atoms with Crippen LogP contribution >= 0.6 is 24.8 Å². The molecular formula is C20H30Cl2N4O. The van der Waals surface area contributed by atoms with Gasteiger partial charge >= 0.3 is 0 Å². The molecule has 0 radical (unpaired) electrons. The number of rotatable bonds is 8. The van der Waals surface area contributed by atoms with Crippen molar-refractivity contribution < 1.29 is 4.79 Å². The minimum absolute atomic E-state index is 0. The Labute approximate surface area is 173 Å². The number of benzene rings is 1. The van der Waals surface area contributed by atoms with Gasteiger partial charge in [-0.1, -0.05) is 25.0 Å². The van der Waals surface area contributed by atoms with Crippen molar-refractivity contribution in [2.75, 3.05) is 11.9 Å². The van der Waals surface area contributed by atoms with Crippen LogP contribution in [0.15, 0.2) is 30.5 Å². The van der Waals surface area contributed by atoms with Crippen molar-refractivity contribution >= 4 is 36.4 Å². The van der Waals surface area contributed by atoms with Crippen LogP contribution in [0.2, 0.25) is 0 Å². The van der Waals surface area contributed by atoms with Gasteiger partial charge in [0, 0.05) is 36.8 Å². The topological polar surface area (TPSA) is 72.9 Å². The molecule has 1 aromatic heterocycles. The molecule has 27 heavy (non-hydrogen) atoms. The molecule has 3 N–H and O–H groups in total. The number of nitrogens with zero attached hydrogens (tertiary/aromatic N) is 2. The van der Waals surface area contributed by atoms with E-state index in [-0.39, 0.29) is 30.7 Å². The Balaban J connectivity index is 0.00000182. The van der Waals surface area contributed by atoms with Crippen molar-refractivity contribution in [3.8, 4) is 11.3 Å². The normalized spacial score (nSPS) is 12.5. The maximum atomic E-state index is 12.0. The summed E-state index contributed by atoms with van der Waals surface area (Å²) in [4.78, 5) is 16.7. The van der Waals surface area contributed by atoms with Gasteiger partial charge in [-0.2, -0.15) is 0 Å². The van der Waals surface area contributed by atoms with Crippen molar-refractivity contribution in [1.29, 1.82) is 0 Å². The Morgan fingerprint density at radius 3 is 2.52 bits per heavy atom. The lowest BCUT2D eigenvalue weighted by Crippen LogP contribution is -2.11. The van der Waals surface area contributed by atoms with Crippen molar-refractivity contribution in [3.63, 3.8) is 0 Å². The van der Waals surface area contributed by atoms with Gasteiger partial charge in [0.2, 0.25) is 5.91 Å². The number of hydrogen-bond acceptors (Lipinski definition) is 3. The second-order valence-corrected chi connectivity index (χ2v) is 6.77. The molecule has 1 aromatic carbocycles. The van der Waals surface area contributed by atoms with Crippen molar-refractivity contribution in [3.05, 3.63) is 36.3 Å². The van der Waals surface area contributed by atoms with E-state index >= 15 is 0 Å². The number of unbranched alkanes of at least 4 members (excludes halogenated alkanes) is 3. The third-order valence-electron chi connectivity index (χ3n) is 4.73. The van der Waals surface area contributed by atoms with Crippen LogP contribution in [0.25, 0.3) is 11.3 Å². The van der Waals surface area contributed by atoms with E-state index in [1.807, 2.05) is 24.3 Å². The first-order valence-corrected chi connectivity index (χ1v) is 9.42. The van der Waals surface area contributed by atoms with Gasteiger partial charge < -0.3 is 15.6 Å². The summed E-state index contributed by atoms with van der Waals surface area (Å²) >= 11 is 0. The number of amides is 1. The molecule has 0 spiro atoms. The minimum atomic E-state index is 0. The van der Waals surface area contributed by atoms with Crippen LogP contribution < -0.4 is 11.1 Å². The Bertz CT molecular complexity index is 677. The van der Waals surface area contributed by atoms with Gasteiger partial charge in [-0.3, -0.25) is 4.79 Å². The highest BCUT2D eigenvalue weighted by molar-refractivity contribution is 5.90. The summed E-state index contributed by atoms with van der Waals surface area (Å²) in [7, 11) is 0. The predicted octanol–water partition coefficient (Wildman–Crippen LogP) is 4.58. The van der Waals surface area contributed by atoms with E-state index in [0.29, 0.717) is 6.42 Å². The molecule has 1 aliphatic rings. The average molecular weight is 413 g/mol. The standard InChI is InChI=1S/C20H28N4O.2ClH/c21-13-5-2-1-3-8-20(25)22-17-11-9-16(10-12-17)18-15-24-14-6-4-7-19(24)23-18;;/h9-12,15H,1-8,13-14,21H2,(H,22,25);2*1H. The second-order valence-electron chi connectivity index (χ2n) is 6.77. The van der Waals surface area contributed by atoms with E-state index in [1.54, 1.807) is 0 Å². The van der Waals surface area contributed by atoms with Crippen LogP contribution in [0.3, 0.4) is 0 Å². The van der Waals surface area contributed by atoms with Gasteiger partial charge in [0.1, 0.15) is 5.82 Å². The van der Waals surface area contributed by atoms with E-state index in [9.17, 15) is 4.79 Å². The third-order valence-corrected chi connectivity index (χ3v) is 4.73. The quantitative estimate of drug-likeness (QED) is 0.623. The summed E-state index contributed by atoms with van der Waals surface area (Å²) < 4.78 is 2.26. The fourth-order valence-electron chi connectivity index (χ4n) is 3.28. The number of halogens is 2. The maximum Gasteiger partial charge on any atom is 0.224 e. The van der Waals surface area contributed by atoms with Crippen LogP contribution in [0.1, 0.15) is 50.8 Å². The van der Waals surface area contributed by atoms with Crippen molar-refractivity contribution in [1.82, 2.24) is 9.55 Å². The van der Waals surface area contributed by atoms with E-state index in [1.165, 1.54) is 18.7 Å². The molecule has 1 amide bonds. The zero-order valence-electron chi connectivity index (χ0n) is 15.7. The van der Waals surface area contributed by atoms with Gasteiger partial charge in [-0.15, -0.1) is 24.8 Å². The molecule has 7 heteroatoms. The van der Waals surface area contributed by atoms with Gasteiger partial charge in [0.25, 0.3) is 0 Å². The number of carbonyl (C=O) groups is 1. The van der Waals surface area contributed by atoms with E-state index in [4.69, 9.17) is 10.7 Å². The van der Waals surface area contributed by atoms with Crippen molar-refractivity contribution in [2.45, 2.75) is 57.9 Å². The highest BCUT2D eigenvalue weighted by Crippen LogP contribution is 2.24. The number of anilines is 1. The summed E-state index contributed by atoms with van der Waals surface area (Å²) in [6.45, 7) is 1.81. The fraction of sp³-hybridized carbons (Fsp3) is 0.500. The lowest BCUT2D eigenvalue weighted by atomic mass is 10.1. The molecule has 0 atom stereocenters. The number of carbonyl (C=O) groups excluding carboxylic acids is 1. The minimum Gasteiger partial charge on any atom is -0.334 e. The molecule has 0 bridgehead atoms. The first kappa shape index (κ1) is 23.5. The third kappa shape index (κ3) is 6.83. The predicted molar refractivity (Wildman–Crippen MR) is 116 cm³/mol. The van der Waals surface area contributed by atoms with Gasteiger partial charge in [-0.25, -0.2) is 4.98 Å². The van der Waals surface area contributed by atoms with Crippen LogP contribution in [0, 0.1) is 0 Å². The van der Waals surface area contributed by atoms with Gasteiger partial charge in [0.15, 0.2) is 0 Å². The molecule has 150 valence electrons. The largest absolute Gasteiger partial charge is 0.334 e. The molecule has 0 fully saturated rings. The molecule has 3 rings (SSSR count). The Kier molecular flexibility index (Phi) is 10.4. The summed E-state index contributed by atoms with van der Waals surface area (Å²) in [5, 5.41) is 2.97. The molecule has 0 saturated carbocycles. The second kappa shape index (κ2) is 12.0. The first-order valence-electron chi connectivity index (χ1n) is 9.42. The maximum absolute atomic E-state index is 12.0. The molecule has 1 aliphatic heterocycles. The molecule has 5 nitrogen and oxygen atoms in total. The molecule has 2 heterocycles. The SMILES string of the molecule is Cl.Cl.NCCCCCCC(=O)Nc1ccc(-c2cn3c(n2)CCCC3)cc1. The summed E-state index contributed by atoms with van der Waals surface area (Å²) in [6, 6.07) is 7.98. The lowest BCUT2D eigenvalue weighted by Gasteiger charge is -2.11. The highest BCUT2D eigenvalue weighted by Gasteiger charge is 2.13. The number of hydrogen-bond donors (Lipinski definition) is 2. The summed E-state index contributed by atoms with van der Waals surface area (Å²) in [5.74, 6) is 1.27. The number of fused-ring (bicyclic) bond motifs is 1. The Morgan fingerprint density at radius 1 is 1.07 bits per heavy atom. The number of imidazole rings is 1. The average Bonchev–Trinajstić information content (AvgIpc) is 3.06. The van der Waals surface area contributed by atoms with Crippen LogP contribution in [-0.2, 0) is 17.8 Å². The van der Waals surface area contributed by atoms with Crippen LogP contribution in [0.4, 0.5) is 5.69 Å². The van der Waals surface area contributed by atoms with E-state index in [0.717, 1.165) is 62.1 Å². The molecule has 0 unspecified atom stereocenters. The zero-order chi connectivity index (χ0) is 17.5. The number of nitrogens with one attached hydrogen (secondary N) is 1. The summed E-state index contributed by atoms with van der Waals surface area (Å²) in [6.07, 6.45) is 10.4. The highest BCUT2D eigenvalue weighted by atomic mass is 35.5. The van der Waals surface area contributed by atoms with Gasteiger partial charge in [0.05, 0.1) is 5.69 Å². The van der Waals surface area contributed by atoms with E-state index in [2.05, 4.69) is 16.1 Å². The number of nitrogens with two attached hydrogens (primary N) is 1. The molecule has 0 saturated heterocycles. The van der Waals surface area contributed by atoms with E-state index < -0.39 is 0 Å². The monoisotopic (exact) mass is 412 g/mol. The lowest BCUT2D eigenvalue weighted by molar-refractivity contribution is -0.116. The zero-order valence-corrected chi connectivity index (χ0v) is 17.3. The first-order chi connectivity index (χ1) is 12.3. The van der Waals surface area contributed by atoms with Crippen molar-refractivity contribution in [2.24, 2.45) is 5.73 Å². The van der Waals surface area contributed by atoms with Gasteiger partial charge in [-0.05, 0) is 44.4 Å². The molecule has 2 aromatic rings. The summed E-state index contributed by atoms with van der Waals surface area (Å²) in [5.41, 5.74) is 8.44. The smallest absolute Gasteiger partial charge is 0.224 e. The number of aromatic nitrogens is 2.